The highest BCUT2D eigenvalue weighted by Crippen LogP contribution is 2.06. The van der Waals surface area contributed by atoms with Crippen LogP contribution in [0.4, 0.5) is 0 Å². The maximum Gasteiger partial charge on any atom is 0.105 e. The van der Waals surface area contributed by atoms with Gasteiger partial charge in [-0.05, 0) is 25.0 Å². The Hall–Kier alpha value is -0.800. The van der Waals surface area contributed by atoms with E-state index in [1.165, 1.54) is 0 Å². The van der Waals surface area contributed by atoms with Crippen molar-refractivity contribution in [2.45, 2.75) is 45.7 Å². The summed E-state index contributed by atoms with van der Waals surface area (Å²) in [4.78, 5) is 0. The number of hydrogen-bond donors (Lipinski definition) is 2. The Labute approximate surface area is 98.4 Å². The van der Waals surface area contributed by atoms with E-state index in [4.69, 9.17) is 10.2 Å². The van der Waals surface area contributed by atoms with Crippen molar-refractivity contribution in [2.75, 3.05) is 6.54 Å². The predicted molar refractivity (Wildman–Crippen MR) is 67.3 cm³/mol. The summed E-state index contributed by atoms with van der Waals surface area (Å²) in [7, 11) is 0. The van der Waals surface area contributed by atoms with Gasteiger partial charge in [0.15, 0.2) is 0 Å². The third-order valence-electron chi connectivity index (χ3n) is 3.16. The van der Waals surface area contributed by atoms with Crippen LogP contribution in [0.3, 0.4) is 0 Å². The van der Waals surface area contributed by atoms with E-state index >= 15 is 0 Å². The van der Waals surface area contributed by atoms with E-state index < -0.39 is 0 Å². The number of furan rings is 1. The van der Waals surface area contributed by atoms with E-state index in [1.807, 2.05) is 12.1 Å². The molecule has 0 aromatic carbocycles. The van der Waals surface area contributed by atoms with Crippen LogP contribution < -0.4 is 11.1 Å². The second kappa shape index (κ2) is 6.71. The van der Waals surface area contributed by atoms with Crippen LogP contribution in [0.2, 0.25) is 0 Å². The average molecular weight is 224 g/mol. The third-order valence-corrected chi connectivity index (χ3v) is 3.16. The molecule has 3 nitrogen and oxygen atoms in total. The van der Waals surface area contributed by atoms with Gasteiger partial charge in [-0.3, -0.25) is 0 Å². The van der Waals surface area contributed by atoms with Crippen LogP contribution >= 0.6 is 0 Å². The topological polar surface area (TPSA) is 51.2 Å². The van der Waals surface area contributed by atoms with Crippen molar-refractivity contribution in [3.05, 3.63) is 24.2 Å². The molecule has 1 aromatic heterocycles. The van der Waals surface area contributed by atoms with Crippen LogP contribution in [0, 0.1) is 5.92 Å². The van der Waals surface area contributed by atoms with Crippen LogP contribution in [-0.2, 0) is 6.42 Å². The second-order valence-electron chi connectivity index (χ2n) is 4.64. The van der Waals surface area contributed by atoms with Gasteiger partial charge in [0, 0.05) is 25.0 Å². The molecular weight excluding hydrogens is 200 g/mol. The van der Waals surface area contributed by atoms with Gasteiger partial charge in [0.2, 0.25) is 0 Å². The summed E-state index contributed by atoms with van der Waals surface area (Å²) < 4.78 is 5.31. The normalized spacial score (nSPS) is 17.0. The van der Waals surface area contributed by atoms with Crippen molar-refractivity contribution < 1.29 is 4.42 Å². The first kappa shape index (κ1) is 13.3. The van der Waals surface area contributed by atoms with Gasteiger partial charge in [-0.25, -0.2) is 0 Å². The minimum Gasteiger partial charge on any atom is -0.469 e. The van der Waals surface area contributed by atoms with E-state index in [1.54, 1.807) is 6.26 Å². The molecule has 1 heterocycles. The Kier molecular flexibility index (Phi) is 5.56. The van der Waals surface area contributed by atoms with Crippen LogP contribution in [0.15, 0.2) is 22.8 Å². The second-order valence-corrected chi connectivity index (χ2v) is 4.64. The van der Waals surface area contributed by atoms with Gasteiger partial charge in [-0.15, -0.1) is 0 Å². The Morgan fingerprint density at radius 3 is 2.75 bits per heavy atom. The quantitative estimate of drug-likeness (QED) is 0.746. The van der Waals surface area contributed by atoms with Crippen LogP contribution in [0.25, 0.3) is 0 Å². The zero-order valence-electron chi connectivity index (χ0n) is 10.6. The molecule has 1 aromatic rings. The lowest BCUT2D eigenvalue weighted by Crippen LogP contribution is -2.42. The van der Waals surface area contributed by atoms with E-state index in [0.717, 1.165) is 25.1 Å². The van der Waals surface area contributed by atoms with Crippen LogP contribution in [0.5, 0.6) is 0 Å². The molecule has 0 aliphatic carbocycles. The summed E-state index contributed by atoms with van der Waals surface area (Å²) in [6.45, 7) is 7.41. The van der Waals surface area contributed by atoms with Gasteiger partial charge >= 0.3 is 0 Å². The van der Waals surface area contributed by atoms with Gasteiger partial charge in [0.25, 0.3) is 0 Å². The Bertz CT molecular complexity index is 271. The molecule has 0 saturated carbocycles. The molecular formula is C13H24N2O. The molecule has 0 aliphatic rings. The Morgan fingerprint density at radius 1 is 1.44 bits per heavy atom. The lowest BCUT2D eigenvalue weighted by molar-refractivity contribution is 0.388. The van der Waals surface area contributed by atoms with E-state index in [-0.39, 0.29) is 6.04 Å². The molecule has 3 heteroatoms. The van der Waals surface area contributed by atoms with Gasteiger partial charge < -0.3 is 15.5 Å². The minimum absolute atomic E-state index is 0.240. The molecule has 0 spiro atoms. The fourth-order valence-electron chi connectivity index (χ4n) is 1.64. The average Bonchev–Trinajstić information content (AvgIpc) is 2.77. The summed E-state index contributed by atoms with van der Waals surface area (Å²) in [5.74, 6) is 1.60. The summed E-state index contributed by atoms with van der Waals surface area (Å²) >= 11 is 0. The van der Waals surface area contributed by atoms with E-state index in [9.17, 15) is 0 Å². The number of nitrogens with one attached hydrogen (secondary N) is 1. The lowest BCUT2D eigenvalue weighted by atomic mass is 10.00. The highest BCUT2D eigenvalue weighted by Gasteiger charge is 2.12. The highest BCUT2D eigenvalue weighted by atomic mass is 16.3. The molecule has 92 valence electrons. The maximum absolute atomic E-state index is 6.06. The molecule has 3 atom stereocenters. The minimum atomic E-state index is 0.240. The highest BCUT2D eigenvalue weighted by molar-refractivity contribution is 5.00. The fourth-order valence-corrected chi connectivity index (χ4v) is 1.64. The summed E-state index contributed by atoms with van der Waals surface area (Å²) in [5, 5.41) is 3.45. The summed E-state index contributed by atoms with van der Waals surface area (Å²) in [6.07, 6.45) is 3.77. The van der Waals surface area contributed by atoms with Gasteiger partial charge in [-0.2, -0.15) is 0 Å². The molecule has 0 fully saturated rings. The SMILES string of the molecule is CCC(C)C(N)CNC(C)Cc1ccco1. The number of hydrogen-bond acceptors (Lipinski definition) is 3. The van der Waals surface area contributed by atoms with Gasteiger partial charge in [0.1, 0.15) is 5.76 Å². The first-order valence-electron chi connectivity index (χ1n) is 6.14. The molecule has 1 rings (SSSR count). The van der Waals surface area contributed by atoms with Crippen molar-refractivity contribution in [3.8, 4) is 0 Å². The lowest BCUT2D eigenvalue weighted by Gasteiger charge is -2.21. The molecule has 0 aliphatic heterocycles. The molecule has 0 saturated heterocycles. The zero-order valence-corrected chi connectivity index (χ0v) is 10.6. The number of nitrogens with two attached hydrogens (primary N) is 1. The van der Waals surface area contributed by atoms with Crippen molar-refractivity contribution in [2.24, 2.45) is 11.7 Å². The van der Waals surface area contributed by atoms with E-state index in [2.05, 4.69) is 26.1 Å². The monoisotopic (exact) mass is 224 g/mol. The van der Waals surface area contributed by atoms with E-state index in [0.29, 0.717) is 12.0 Å². The summed E-state index contributed by atoms with van der Waals surface area (Å²) in [5.41, 5.74) is 6.06. The predicted octanol–water partition coefficient (Wildman–Crippen LogP) is 2.17. The molecule has 0 radical (unpaired) electrons. The Morgan fingerprint density at radius 2 is 2.19 bits per heavy atom. The van der Waals surface area contributed by atoms with Gasteiger partial charge in [0.05, 0.1) is 6.26 Å². The molecule has 16 heavy (non-hydrogen) atoms. The zero-order chi connectivity index (χ0) is 12.0. The van der Waals surface area contributed by atoms with Crippen molar-refractivity contribution in [3.63, 3.8) is 0 Å². The van der Waals surface area contributed by atoms with Crippen LogP contribution in [0.1, 0.15) is 33.0 Å². The van der Waals surface area contributed by atoms with Crippen molar-refractivity contribution in [1.82, 2.24) is 5.32 Å². The molecule has 0 amide bonds. The smallest absolute Gasteiger partial charge is 0.105 e. The standard InChI is InChI=1S/C13H24N2O/c1-4-10(2)13(14)9-15-11(3)8-12-6-5-7-16-12/h5-7,10-11,13,15H,4,8-9,14H2,1-3H3. The van der Waals surface area contributed by atoms with Gasteiger partial charge in [-0.1, -0.05) is 20.3 Å². The first-order chi connectivity index (χ1) is 7.63. The summed E-state index contributed by atoms with van der Waals surface area (Å²) in [6, 6.07) is 4.57. The number of rotatable bonds is 7. The fraction of sp³-hybridized carbons (Fsp3) is 0.692. The maximum atomic E-state index is 6.06. The molecule has 3 unspecified atom stereocenters. The first-order valence-corrected chi connectivity index (χ1v) is 6.14. The molecule has 0 bridgehead atoms. The van der Waals surface area contributed by atoms with Crippen molar-refractivity contribution >= 4 is 0 Å². The Balaban J connectivity index is 2.22. The largest absolute Gasteiger partial charge is 0.469 e. The van der Waals surface area contributed by atoms with Crippen molar-refractivity contribution in [1.29, 1.82) is 0 Å². The molecule has 3 N–H and O–H groups in total. The third kappa shape index (κ3) is 4.37. The van der Waals surface area contributed by atoms with Crippen LogP contribution in [-0.4, -0.2) is 18.6 Å².